The zero-order valence-electron chi connectivity index (χ0n) is 12.5. The molecule has 1 unspecified atom stereocenters. The fourth-order valence-electron chi connectivity index (χ4n) is 2.08. The van der Waals surface area contributed by atoms with E-state index in [2.05, 4.69) is 10.4 Å². The van der Waals surface area contributed by atoms with Gasteiger partial charge in [0.15, 0.2) is 0 Å². The number of anilines is 1. The van der Waals surface area contributed by atoms with Crippen molar-refractivity contribution in [2.24, 2.45) is 0 Å². The van der Waals surface area contributed by atoms with Crippen molar-refractivity contribution in [1.82, 2.24) is 9.78 Å². The summed E-state index contributed by atoms with van der Waals surface area (Å²) in [5.74, 6) is -0.0699. The molecular weight excluding hydrogens is 324 g/mol. The monoisotopic (exact) mass is 338 g/mol. The van der Waals surface area contributed by atoms with Crippen LogP contribution in [0.1, 0.15) is 19.4 Å². The van der Waals surface area contributed by atoms with Gasteiger partial charge >= 0.3 is 0 Å². The number of methoxy groups -OCH3 is 1. The predicted octanol–water partition coefficient (Wildman–Crippen LogP) is 3.04. The van der Waals surface area contributed by atoms with Crippen molar-refractivity contribution in [2.75, 3.05) is 12.4 Å². The number of hydrogen-bond donors (Lipinski definition) is 1. The van der Waals surface area contributed by atoms with Gasteiger partial charge in [0.2, 0.25) is 5.91 Å². The maximum atomic E-state index is 12.4. The lowest BCUT2D eigenvalue weighted by atomic mass is 10.2. The Balaban J connectivity index is 2.24. The van der Waals surface area contributed by atoms with Gasteiger partial charge in [-0.05, 0) is 6.42 Å². The van der Waals surface area contributed by atoms with E-state index in [1.807, 2.05) is 6.92 Å². The second kappa shape index (κ2) is 7.10. The molecule has 0 bridgehead atoms. The number of carbonyl (C=O) groups is 1. The smallest absolute Gasteiger partial charge is 0.275 e. The minimum absolute atomic E-state index is 0.171. The number of nitrogens with zero attached hydrogens (tertiary/aromatic N) is 3. The van der Waals surface area contributed by atoms with Crippen molar-refractivity contribution < 1.29 is 14.5 Å². The number of aromatic nitrogens is 2. The Kier molecular flexibility index (Phi) is 5.17. The third kappa shape index (κ3) is 3.98. The number of ether oxygens (including phenoxy) is 1. The van der Waals surface area contributed by atoms with Gasteiger partial charge in [0, 0.05) is 18.3 Å². The first-order valence-corrected chi connectivity index (χ1v) is 7.16. The number of non-ortho nitro benzene ring substituents is 1. The normalized spacial score (nSPS) is 11.8. The Morgan fingerprint density at radius 3 is 2.78 bits per heavy atom. The molecule has 23 heavy (non-hydrogen) atoms. The molecule has 0 aliphatic heterocycles. The average Bonchev–Trinajstić information content (AvgIpc) is 2.93. The first-order valence-electron chi connectivity index (χ1n) is 6.78. The van der Waals surface area contributed by atoms with Gasteiger partial charge in [0.25, 0.3) is 5.69 Å². The molecular formula is C14H15ClN4O4. The van der Waals surface area contributed by atoms with Gasteiger partial charge in [-0.2, -0.15) is 5.10 Å². The summed E-state index contributed by atoms with van der Waals surface area (Å²) in [5.41, 5.74) is 0.104. The van der Waals surface area contributed by atoms with E-state index in [4.69, 9.17) is 16.3 Å². The maximum absolute atomic E-state index is 12.4. The van der Waals surface area contributed by atoms with E-state index in [0.29, 0.717) is 11.4 Å². The van der Waals surface area contributed by atoms with E-state index in [0.717, 1.165) is 0 Å². The minimum atomic E-state index is -0.576. The molecule has 1 amide bonds. The minimum Gasteiger partial charge on any atom is -0.496 e. The maximum Gasteiger partial charge on any atom is 0.275 e. The lowest BCUT2D eigenvalue weighted by Crippen LogP contribution is -2.26. The summed E-state index contributed by atoms with van der Waals surface area (Å²) in [4.78, 5) is 22.8. The molecule has 0 saturated carbocycles. The third-order valence-corrected chi connectivity index (χ3v) is 3.38. The molecule has 0 saturated heterocycles. The van der Waals surface area contributed by atoms with Gasteiger partial charge in [0.05, 0.1) is 35.0 Å². The fraction of sp³-hybridized carbons (Fsp3) is 0.286. The van der Waals surface area contributed by atoms with Crippen molar-refractivity contribution in [3.63, 3.8) is 0 Å². The van der Waals surface area contributed by atoms with E-state index in [1.54, 1.807) is 6.20 Å². The summed E-state index contributed by atoms with van der Waals surface area (Å²) >= 11 is 5.81. The van der Waals surface area contributed by atoms with Crippen molar-refractivity contribution in [1.29, 1.82) is 0 Å². The van der Waals surface area contributed by atoms with Gasteiger partial charge < -0.3 is 10.1 Å². The van der Waals surface area contributed by atoms with Gasteiger partial charge in [-0.1, -0.05) is 18.5 Å². The topological polar surface area (TPSA) is 99.3 Å². The second-order valence-corrected chi connectivity index (χ2v) is 5.17. The average molecular weight is 339 g/mol. The van der Waals surface area contributed by atoms with Crippen LogP contribution in [0.4, 0.5) is 11.4 Å². The Bertz CT molecular complexity index is 731. The Morgan fingerprint density at radius 1 is 1.52 bits per heavy atom. The van der Waals surface area contributed by atoms with E-state index < -0.39 is 11.0 Å². The standard InChI is InChI=1S/C14H15ClN4O4/c1-3-13(18-8-9(15)7-16-18)14(20)17-10-4-11(19(21)22)6-12(5-10)23-2/h4-8,13H,3H2,1-2H3,(H,17,20). The Labute approximate surface area is 137 Å². The number of nitro benzene ring substituents is 1. The molecule has 122 valence electrons. The zero-order chi connectivity index (χ0) is 17.0. The van der Waals surface area contributed by atoms with Crippen molar-refractivity contribution in [3.05, 3.63) is 45.7 Å². The van der Waals surface area contributed by atoms with E-state index >= 15 is 0 Å². The highest BCUT2D eigenvalue weighted by Gasteiger charge is 2.21. The largest absolute Gasteiger partial charge is 0.496 e. The molecule has 1 aromatic carbocycles. The van der Waals surface area contributed by atoms with Crippen molar-refractivity contribution >= 4 is 28.9 Å². The molecule has 1 heterocycles. The highest BCUT2D eigenvalue weighted by Crippen LogP contribution is 2.26. The van der Waals surface area contributed by atoms with Gasteiger partial charge in [-0.15, -0.1) is 0 Å². The SMILES string of the molecule is CCC(C(=O)Nc1cc(OC)cc([N+](=O)[O-])c1)n1cc(Cl)cn1. The molecule has 0 spiro atoms. The molecule has 9 heteroatoms. The van der Waals surface area contributed by atoms with Crippen molar-refractivity contribution in [2.45, 2.75) is 19.4 Å². The fourth-order valence-corrected chi connectivity index (χ4v) is 2.23. The van der Waals surface area contributed by atoms with E-state index in [1.165, 1.54) is 36.2 Å². The van der Waals surface area contributed by atoms with Crippen LogP contribution >= 0.6 is 11.6 Å². The van der Waals surface area contributed by atoms with Gasteiger partial charge in [-0.3, -0.25) is 19.6 Å². The number of rotatable bonds is 6. The Morgan fingerprint density at radius 2 is 2.26 bits per heavy atom. The van der Waals surface area contributed by atoms with Crippen LogP contribution in [0.15, 0.2) is 30.6 Å². The third-order valence-electron chi connectivity index (χ3n) is 3.18. The van der Waals surface area contributed by atoms with Crippen LogP contribution in [0.5, 0.6) is 5.75 Å². The van der Waals surface area contributed by atoms with Crippen LogP contribution in [0.25, 0.3) is 0 Å². The summed E-state index contributed by atoms with van der Waals surface area (Å²) in [6.07, 6.45) is 3.47. The van der Waals surface area contributed by atoms with Crippen LogP contribution in [0.2, 0.25) is 5.02 Å². The molecule has 0 radical (unpaired) electrons. The quantitative estimate of drug-likeness (QED) is 0.644. The summed E-state index contributed by atoms with van der Waals surface area (Å²) in [6, 6.07) is 3.48. The number of hydrogen-bond acceptors (Lipinski definition) is 5. The highest BCUT2D eigenvalue weighted by molar-refractivity contribution is 6.30. The zero-order valence-corrected chi connectivity index (χ0v) is 13.3. The molecule has 8 nitrogen and oxygen atoms in total. The number of amides is 1. The molecule has 2 aromatic rings. The number of benzene rings is 1. The lowest BCUT2D eigenvalue weighted by Gasteiger charge is -2.15. The highest BCUT2D eigenvalue weighted by atomic mass is 35.5. The molecule has 0 aliphatic carbocycles. The summed E-state index contributed by atoms with van der Waals surface area (Å²) < 4.78 is 6.46. The molecule has 1 aromatic heterocycles. The van der Waals surface area contributed by atoms with E-state index in [-0.39, 0.29) is 23.0 Å². The van der Waals surface area contributed by atoms with Crippen LogP contribution in [0, 0.1) is 10.1 Å². The first-order chi connectivity index (χ1) is 10.9. The lowest BCUT2D eigenvalue weighted by molar-refractivity contribution is -0.384. The summed E-state index contributed by atoms with van der Waals surface area (Å²) in [5, 5.41) is 18.0. The Hall–Kier alpha value is -2.61. The molecule has 0 aliphatic rings. The van der Waals surface area contributed by atoms with Crippen molar-refractivity contribution in [3.8, 4) is 5.75 Å². The summed E-state index contributed by atoms with van der Waals surface area (Å²) in [6.45, 7) is 1.83. The number of nitrogens with one attached hydrogen (secondary N) is 1. The van der Waals surface area contributed by atoms with Gasteiger partial charge in [0.1, 0.15) is 11.8 Å². The van der Waals surface area contributed by atoms with Crippen LogP contribution in [-0.2, 0) is 4.79 Å². The summed E-state index contributed by atoms with van der Waals surface area (Å²) in [7, 11) is 1.39. The molecule has 0 fully saturated rings. The van der Waals surface area contributed by atoms with Gasteiger partial charge in [-0.25, -0.2) is 0 Å². The number of carbonyl (C=O) groups excluding carboxylic acids is 1. The number of nitro groups is 1. The number of halogens is 1. The van der Waals surface area contributed by atoms with E-state index in [9.17, 15) is 14.9 Å². The molecule has 1 N–H and O–H groups in total. The molecule has 2 rings (SSSR count). The first kappa shape index (κ1) is 16.8. The second-order valence-electron chi connectivity index (χ2n) is 4.73. The van der Waals surface area contributed by atoms with Crippen LogP contribution in [-0.4, -0.2) is 27.7 Å². The van der Waals surface area contributed by atoms with Crippen LogP contribution < -0.4 is 10.1 Å². The predicted molar refractivity (Wildman–Crippen MR) is 84.8 cm³/mol. The molecule has 1 atom stereocenters. The van der Waals surface area contributed by atoms with Crippen LogP contribution in [0.3, 0.4) is 0 Å².